The molecule has 1 aliphatic heterocycles. The number of anilines is 1. The van der Waals surface area contributed by atoms with E-state index in [0.29, 0.717) is 11.6 Å². The van der Waals surface area contributed by atoms with Crippen LogP contribution < -0.4 is 4.90 Å². The van der Waals surface area contributed by atoms with Gasteiger partial charge in [0.25, 0.3) is 0 Å². The van der Waals surface area contributed by atoms with E-state index in [1.54, 1.807) is 6.08 Å². The van der Waals surface area contributed by atoms with Crippen LogP contribution >= 0.6 is 11.6 Å². The van der Waals surface area contributed by atoms with Gasteiger partial charge in [0.1, 0.15) is 0 Å². The maximum Gasteiger partial charge on any atom is 0.328 e. The van der Waals surface area contributed by atoms with Crippen LogP contribution in [-0.2, 0) is 9.53 Å². The zero-order chi connectivity index (χ0) is 13.7. The van der Waals surface area contributed by atoms with Crippen LogP contribution in [0.25, 0.3) is 6.08 Å². The highest BCUT2D eigenvalue weighted by molar-refractivity contribution is 6.33. The molecule has 1 fully saturated rings. The molecule has 1 aromatic rings. The van der Waals surface area contributed by atoms with Crippen LogP contribution in [0.1, 0.15) is 12.0 Å². The number of halogens is 1. The molecule has 4 nitrogen and oxygen atoms in total. The number of carboxylic acid groups (broad SMARTS) is 1. The molecule has 102 valence electrons. The Kier molecular flexibility index (Phi) is 4.82. The molecule has 1 N–H and O–H groups in total. The Morgan fingerprint density at radius 1 is 1.37 bits per heavy atom. The summed E-state index contributed by atoms with van der Waals surface area (Å²) in [5.74, 6) is -0.967. The highest BCUT2D eigenvalue weighted by Crippen LogP contribution is 2.31. The van der Waals surface area contributed by atoms with Crippen molar-refractivity contribution in [3.8, 4) is 0 Å². The van der Waals surface area contributed by atoms with Gasteiger partial charge in [-0.15, -0.1) is 0 Å². The lowest BCUT2D eigenvalue weighted by Gasteiger charge is -2.25. The summed E-state index contributed by atoms with van der Waals surface area (Å²) in [5, 5.41) is 9.37. The fraction of sp³-hybridized carbons (Fsp3) is 0.357. The molecule has 19 heavy (non-hydrogen) atoms. The lowest BCUT2D eigenvalue weighted by molar-refractivity contribution is -0.131. The highest BCUT2D eigenvalue weighted by Gasteiger charge is 2.15. The van der Waals surface area contributed by atoms with Crippen LogP contribution in [0.3, 0.4) is 0 Å². The van der Waals surface area contributed by atoms with E-state index in [9.17, 15) is 4.79 Å². The average Bonchev–Trinajstić information content (AvgIpc) is 2.65. The van der Waals surface area contributed by atoms with Gasteiger partial charge in [-0.3, -0.25) is 0 Å². The lowest BCUT2D eigenvalue weighted by Crippen LogP contribution is -2.26. The quantitative estimate of drug-likeness (QED) is 0.866. The van der Waals surface area contributed by atoms with Gasteiger partial charge in [0.05, 0.1) is 17.3 Å². The number of hydrogen-bond donors (Lipinski definition) is 1. The minimum atomic E-state index is -0.967. The molecule has 1 saturated heterocycles. The maximum atomic E-state index is 10.6. The molecule has 2 rings (SSSR count). The number of para-hydroxylation sites is 1. The number of rotatable bonds is 3. The molecule has 0 radical (unpaired) electrons. The fourth-order valence-corrected chi connectivity index (χ4v) is 2.43. The van der Waals surface area contributed by atoms with Gasteiger partial charge < -0.3 is 14.7 Å². The summed E-state index contributed by atoms with van der Waals surface area (Å²) in [6.07, 6.45) is 3.64. The Hall–Kier alpha value is -1.52. The molecule has 1 aliphatic rings. The Balaban J connectivity index is 2.33. The fourth-order valence-electron chi connectivity index (χ4n) is 2.13. The topological polar surface area (TPSA) is 49.8 Å². The molecule has 0 saturated carbocycles. The Morgan fingerprint density at radius 2 is 2.21 bits per heavy atom. The second-order valence-corrected chi connectivity index (χ2v) is 4.71. The summed E-state index contributed by atoms with van der Waals surface area (Å²) < 4.78 is 5.43. The number of ether oxygens (including phenoxy) is 1. The first-order chi connectivity index (χ1) is 9.18. The summed E-state index contributed by atoms with van der Waals surface area (Å²) in [7, 11) is 0. The molecule has 0 atom stereocenters. The first-order valence-corrected chi connectivity index (χ1v) is 6.58. The number of nitrogens with zero attached hydrogens (tertiary/aromatic N) is 1. The summed E-state index contributed by atoms with van der Waals surface area (Å²) in [6.45, 7) is 3.03. The van der Waals surface area contributed by atoms with Gasteiger partial charge in [-0.1, -0.05) is 23.7 Å². The molecule has 0 unspecified atom stereocenters. The molecular weight excluding hydrogens is 266 g/mol. The maximum absolute atomic E-state index is 10.6. The van der Waals surface area contributed by atoms with Crippen LogP contribution in [0.15, 0.2) is 24.3 Å². The van der Waals surface area contributed by atoms with E-state index in [2.05, 4.69) is 4.90 Å². The molecule has 0 spiro atoms. The van der Waals surface area contributed by atoms with Gasteiger partial charge in [-0.2, -0.15) is 0 Å². The van der Waals surface area contributed by atoms with E-state index < -0.39 is 5.97 Å². The van der Waals surface area contributed by atoms with Crippen molar-refractivity contribution in [1.82, 2.24) is 0 Å². The van der Waals surface area contributed by atoms with Crippen molar-refractivity contribution in [2.45, 2.75) is 6.42 Å². The van der Waals surface area contributed by atoms with Crippen LogP contribution in [0, 0.1) is 0 Å². The molecule has 5 heteroatoms. The predicted octanol–water partition coefficient (Wildman–Crippen LogP) is 2.66. The van der Waals surface area contributed by atoms with Crippen molar-refractivity contribution in [1.29, 1.82) is 0 Å². The Morgan fingerprint density at radius 3 is 3.00 bits per heavy atom. The number of hydrogen-bond acceptors (Lipinski definition) is 3. The van der Waals surface area contributed by atoms with Gasteiger partial charge in [0.15, 0.2) is 0 Å². The Bertz CT molecular complexity index is 480. The smallest absolute Gasteiger partial charge is 0.328 e. The van der Waals surface area contributed by atoms with Crippen molar-refractivity contribution >= 4 is 29.3 Å². The normalized spacial score (nSPS) is 16.6. The largest absolute Gasteiger partial charge is 0.478 e. The van der Waals surface area contributed by atoms with E-state index in [-0.39, 0.29) is 0 Å². The first kappa shape index (κ1) is 13.9. The summed E-state index contributed by atoms with van der Waals surface area (Å²) >= 11 is 6.27. The highest BCUT2D eigenvalue weighted by atomic mass is 35.5. The third-order valence-electron chi connectivity index (χ3n) is 2.96. The van der Waals surface area contributed by atoms with Gasteiger partial charge >= 0.3 is 5.97 Å². The summed E-state index contributed by atoms with van der Waals surface area (Å²) in [6, 6.07) is 5.51. The van der Waals surface area contributed by atoms with Gasteiger partial charge in [-0.05, 0) is 24.1 Å². The number of benzene rings is 1. The molecule has 0 aromatic heterocycles. The van der Waals surface area contributed by atoms with Gasteiger partial charge in [0.2, 0.25) is 0 Å². The van der Waals surface area contributed by atoms with Crippen molar-refractivity contribution in [2.75, 3.05) is 31.2 Å². The van der Waals surface area contributed by atoms with Gasteiger partial charge in [-0.25, -0.2) is 4.79 Å². The van der Waals surface area contributed by atoms with Crippen LogP contribution in [0.4, 0.5) is 5.69 Å². The number of aliphatic carboxylic acids is 1. The van der Waals surface area contributed by atoms with Gasteiger partial charge in [0, 0.05) is 25.8 Å². The van der Waals surface area contributed by atoms with E-state index in [1.165, 1.54) is 0 Å². The second kappa shape index (κ2) is 6.59. The van der Waals surface area contributed by atoms with Crippen LogP contribution in [-0.4, -0.2) is 37.4 Å². The van der Waals surface area contributed by atoms with Crippen LogP contribution in [0.5, 0.6) is 0 Å². The van der Waals surface area contributed by atoms with Crippen LogP contribution in [0.2, 0.25) is 5.02 Å². The molecule has 0 amide bonds. The number of carboxylic acids is 1. The summed E-state index contributed by atoms with van der Waals surface area (Å²) in [5.41, 5.74) is 1.70. The minimum Gasteiger partial charge on any atom is -0.478 e. The zero-order valence-corrected chi connectivity index (χ0v) is 11.3. The van der Waals surface area contributed by atoms with Crippen molar-refractivity contribution in [3.63, 3.8) is 0 Å². The Labute approximate surface area is 117 Å². The van der Waals surface area contributed by atoms with Crippen molar-refractivity contribution in [2.24, 2.45) is 0 Å². The molecule has 1 aromatic carbocycles. The third kappa shape index (κ3) is 3.72. The zero-order valence-electron chi connectivity index (χ0n) is 10.5. The average molecular weight is 282 g/mol. The van der Waals surface area contributed by atoms with E-state index >= 15 is 0 Å². The molecular formula is C14H16ClNO3. The molecule has 1 heterocycles. The summed E-state index contributed by atoms with van der Waals surface area (Å²) in [4.78, 5) is 12.8. The van der Waals surface area contributed by atoms with E-state index in [1.807, 2.05) is 18.2 Å². The van der Waals surface area contributed by atoms with E-state index in [4.69, 9.17) is 21.4 Å². The SMILES string of the molecule is O=C(O)/C=C/c1cccc(Cl)c1N1CCCOCC1. The predicted molar refractivity (Wildman–Crippen MR) is 75.8 cm³/mol. The minimum absolute atomic E-state index is 0.634. The first-order valence-electron chi connectivity index (χ1n) is 6.20. The second-order valence-electron chi connectivity index (χ2n) is 4.30. The van der Waals surface area contributed by atoms with E-state index in [0.717, 1.165) is 43.4 Å². The molecule has 0 bridgehead atoms. The standard InChI is InChI=1S/C14H16ClNO3/c15-12-4-1-3-11(5-6-13(17)18)14(12)16-7-2-9-19-10-8-16/h1,3-6H,2,7-10H2,(H,17,18)/b6-5+. The number of carbonyl (C=O) groups is 1. The van der Waals surface area contributed by atoms with Crippen molar-refractivity contribution < 1.29 is 14.6 Å². The van der Waals surface area contributed by atoms with Crippen molar-refractivity contribution in [3.05, 3.63) is 34.9 Å². The molecule has 0 aliphatic carbocycles. The third-order valence-corrected chi connectivity index (χ3v) is 3.27. The monoisotopic (exact) mass is 281 g/mol. The lowest BCUT2D eigenvalue weighted by atomic mass is 10.1.